The van der Waals surface area contributed by atoms with Gasteiger partial charge in [0.05, 0.1) is 12.6 Å². The highest BCUT2D eigenvalue weighted by molar-refractivity contribution is 4.61. The van der Waals surface area contributed by atoms with Gasteiger partial charge in [-0.3, -0.25) is 0 Å². The highest BCUT2D eigenvalue weighted by atomic mass is 16.5. The number of rotatable bonds is 2. The summed E-state index contributed by atoms with van der Waals surface area (Å²) in [6.07, 6.45) is 0.933. The summed E-state index contributed by atoms with van der Waals surface area (Å²) in [7, 11) is 1.64. The molecule has 0 fully saturated rings. The average Bonchev–Trinajstić information content (AvgIpc) is 1.67. The van der Waals surface area contributed by atoms with Crippen LogP contribution >= 0.6 is 0 Å². The Hall–Kier alpha value is -0.0800. The lowest BCUT2D eigenvalue weighted by molar-refractivity contribution is -0.881. The van der Waals surface area contributed by atoms with Crippen LogP contribution in [0.3, 0.4) is 0 Å². The first-order chi connectivity index (χ1) is 3.50. The van der Waals surface area contributed by atoms with Gasteiger partial charge in [-0.05, 0) is 20.3 Å². The second kappa shape index (κ2) is 2.46. The Bertz CT molecular complexity index is 68.9. The van der Waals surface area contributed by atoms with Crippen molar-refractivity contribution in [3.63, 3.8) is 0 Å². The molecule has 2 heteroatoms. The minimum absolute atomic E-state index is 0.0972. The van der Waals surface area contributed by atoms with E-state index in [-0.39, 0.29) is 10.6 Å². The number of quaternary nitrogens is 1. The molecule has 1 atom stereocenters. The van der Waals surface area contributed by atoms with E-state index in [9.17, 15) is 5.21 Å². The van der Waals surface area contributed by atoms with E-state index in [1.807, 2.05) is 20.8 Å². The van der Waals surface area contributed by atoms with E-state index in [0.29, 0.717) is 0 Å². The Morgan fingerprint density at radius 2 is 1.88 bits per heavy atom. The van der Waals surface area contributed by atoms with Gasteiger partial charge in [-0.25, -0.2) is 0 Å². The molecule has 0 bridgehead atoms. The summed E-state index contributed by atoms with van der Waals surface area (Å²) in [6.45, 7) is 5.96. The lowest BCUT2D eigenvalue weighted by Crippen LogP contribution is -3.12. The Balaban J connectivity index is 3.71. The van der Waals surface area contributed by atoms with E-state index in [2.05, 4.69) is 0 Å². The Labute approximate surface area is 51.1 Å². The summed E-state index contributed by atoms with van der Waals surface area (Å²) >= 11 is 0. The quantitative estimate of drug-likeness (QED) is 0.514. The predicted octanol–water partition coefficient (Wildman–Crippen LogP) is 0.188. The van der Waals surface area contributed by atoms with Gasteiger partial charge in [0.2, 0.25) is 0 Å². The van der Waals surface area contributed by atoms with Gasteiger partial charge in [-0.1, -0.05) is 6.92 Å². The van der Waals surface area contributed by atoms with E-state index in [4.69, 9.17) is 0 Å². The molecule has 0 radical (unpaired) electrons. The van der Waals surface area contributed by atoms with Gasteiger partial charge in [-0.15, -0.1) is 0 Å². The normalized spacial score (nSPS) is 16.1. The summed E-state index contributed by atoms with van der Waals surface area (Å²) in [5, 5.41) is 11.0. The third-order valence-corrected chi connectivity index (χ3v) is 1.84. The zero-order valence-corrected chi connectivity index (χ0v) is 6.12. The molecule has 0 aromatic heterocycles. The van der Waals surface area contributed by atoms with Gasteiger partial charge in [0.25, 0.3) is 0 Å². The molecule has 0 aliphatic rings. The van der Waals surface area contributed by atoms with Crippen LogP contribution < -0.4 is 5.06 Å². The fourth-order valence-electron chi connectivity index (χ4n) is 0.249. The summed E-state index contributed by atoms with van der Waals surface area (Å²) in [4.78, 5) is 0. The van der Waals surface area contributed by atoms with Crippen LogP contribution in [0.4, 0.5) is 0 Å². The van der Waals surface area contributed by atoms with Crippen molar-refractivity contribution in [3.8, 4) is 0 Å². The third kappa shape index (κ3) is 1.80. The zero-order chi connectivity index (χ0) is 6.78. The van der Waals surface area contributed by atoms with E-state index in [0.717, 1.165) is 6.42 Å². The van der Waals surface area contributed by atoms with Crippen LogP contribution in [0, 0.1) is 5.21 Å². The van der Waals surface area contributed by atoms with E-state index < -0.39 is 0 Å². The van der Waals surface area contributed by atoms with Crippen LogP contribution in [0.2, 0.25) is 0 Å². The van der Waals surface area contributed by atoms with Gasteiger partial charge in [0, 0.05) is 0 Å². The first kappa shape index (κ1) is 7.92. The van der Waals surface area contributed by atoms with Crippen molar-refractivity contribution >= 4 is 0 Å². The molecule has 0 saturated carbocycles. The molecule has 1 N–H and O–H groups in total. The maximum Gasteiger partial charge on any atom is 0.0912 e. The second-order valence-electron chi connectivity index (χ2n) is 2.79. The number of hydroxylamine groups is 2. The molecule has 0 aliphatic heterocycles. The monoisotopic (exact) mass is 117 g/mol. The lowest BCUT2D eigenvalue weighted by atomic mass is 10.0. The molecule has 0 rings (SSSR count). The molecule has 1 unspecified atom stereocenters. The molecule has 0 amide bonds. The van der Waals surface area contributed by atoms with Crippen LogP contribution in [0.15, 0.2) is 0 Å². The maximum absolute atomic E-state index is 10.7. The minimum Gasteiger partial charge on any atom is -0.634 e. The second-order valence-corrected chi connectivity index (χ2v) is 2.79. The summed E-state index contributed by atoms with van der Waals surface area (Å²) in [5.74, 6) is 0. The molecule has 50 valence electrons. The zero-order valence-electron chi connectivity index (χ0n) is 6.12. The largest absolute Gasteiger partial charge is 0.634 e. The van der Waals surface area contributed by atoms with Gasteiger partial charge in [-0.2, -0.15) is 0 Å². The molecule has 0 spiro atoms. The first-order valence-corrected chi connectivity index (χ1v) is 3.01. The number of hydrogen-bond acceptors (Lipinski definition) is 1. The highest BCUT2D eigenvalue weighted by Gasteiger charge is 2.18. The van der Waals surface area contributed by atoms with Gasteiger partial charge in [0.15, 0.2) is 0 Å². The Morgan fingerprint density at radius 3 is 1.88 bits per heavy atom. The van der Waals surface area contributed by atoms with Crippen LogP contribution in [-0.2, 0) is 0 Å². The first-order valence-electron chi connectivity index (χ1n) is 3.01. The van der Waals surface area contributed by atoms with Gasteiger partial charge in [0.1, 0.15) is 0 Å². The molecule has 0 saturated heterocycles. The van der Waals surface area contributed by atoms with Crippen molar-refractivity contribution in [3.05, 3.63) is 5.21 Å². The topological polar surface area (TPSA) is 27.5 Å². The maximum atomic E-state index is 10.7. The molecule has 0 aromatic carbocycles. The van der Waals surface area contributed by atoms with Crippen LogP contribution in [0.5, 0.6) is 0 Å². The average molecular weight is 117 g/mol. The molecule has 2 nitrogen and oxygen atoms in total. The number of nitrogens with one attached hydrogen (secondary N) is 1. The lowest BCUT2D eigenvalue weighted by Gasteiger charge is -2.34. The van der Waals surface area contributed by atoms with E-state index in [1.165, 1.54) is 0 Å². The van der Waals surface area contributed by atoms with Crippen LogP contribution in [-0.4, -0.2) is 12.6 Å². The standard InChI is InChI=1S/C6H15NO/c1-5-6(2,3)7(4)8/h7H,5H2,1-4H3. The van der Waals surface area contributed by atoms with E-state index in [1.54, 1.807) is 7.05 Å². The SMILES string of the molecule is CCC(C)(C)[NH+](C)[O-]. The van der Waals surface area contributed by atoms with Crippen molar-refractivity contribution in [2.75, 3.05) is 7.05 Å². The van der Waals surface area contributed by atoms with Gasteiger partial charge < -0.3 is 10.3 Å². The van der Waals surface area contributed by atoms with Crippen molar-refractivity contribution in [1.29, 1.82) is 0 Å². The third-order valence-electron chi connectivity index (χ3n) is 1.84. The summed E-state index contributed by atoms with van der Waals surface area (Å²) in [6, 6.07) is 0. The van der Waals surface area contributed by atoms with Crippen LogP contribution in [0.1, 0.15) is 27.2 Å². The molecule has 0 aromatic rings. The fraction of sp³-hybridized carbons (Fsp3) is 1.00. The van der Waals surface area contributed by atoms with Crippen molar-refractivity contribution in [1.82, 2.24) is 0 Å². The predicted molar refractivity (Wildman–Crippen MR) is 34.6 cm³/mol. The molecular formula is C6H15NO. The number of hydrogen-bond donors (Lipinski definition) is 1. The highest BCUT2D eigenvalue weighted by Crippen LogP contribution is 1.99. The van der Waals surface area contributed by atoms with Crippen molar-refractivity contribution < 1.29 is 5.06 Å². The molecule has 0 aliphatic carbocycles. The Kier molecular flexibility index (Phi) is 2.44. The minimum atomic E-state index is -0.0972. The van der Waals surface area contributed by atoms with Gasteiger partial charge >= 0.3 is 0 Å². The summed E-state index contributed by atoms with van der Waals surface area (Å²) in [5.41, 5.74) is -0.0972. The Morgan fingerprint density at radius 1 is 1.50 bits per heavy atom. The fourth-order valence-corrected chi connectivity index (χ4v) is 0.249. The van der Waals surface area contributed by atoms with Crippen molar-refractivity contribution in [2.45, 2.75) is 32.7 Å². The molecular weight excluding hydrogens is 102 g/mol. The van der Waals surface area contributed by atoms with Crippen LogP contribution in [0.25, 0.3) is 0 Å². The molecule has 8 heavy (non-hydrogen) atoms. The smallest absolute Gasteiger partial charge is 0.0912 e. The van der Waals surface area contributed by atoms with Crippen molar-refractivity contribution in [2.24, 2.45) is 0 Å². The summed E-state index contributed by atoms with van der Waals surface area (Å²) < 4.78 is 0. The van der Waals surface area contributed by atoms with E-state index >= 15 is 0 Å². The molecule has 0 heterocycles.